The standard InChI is InChI=1S/C20H21F2N5O/c1-13-15(11-23-2)17(26-12-19-24-6-4-7-25-19)5-8-27(13)14-9-16(21)20(22)18(10-14)28-3/h4,6-7,9-11,13H,2,5,8,12H2,1,3H3/b15-11-,26-17-. The second-order valence-electron chi connectivity index (χ2n) is 6.26. The fourth-order valence-electron chi connectivity index (χ4n) is 3.22. The monoisotopic (exact) mass is 385 g/mol. The van der Waals surface area contributed by atoms with Crippen molar-refractivity contribution >= 4 is 18.1 Å². The summed E-state index contributed by atoms with van der Waals surface area (Å²) in [5.41, 5.74) is 2.27. The predicted octanol–water partition coefficient (Wildman–Crippen LogP) is 3.59. The lowest BCUT2D eigenvalue weighted by molar-refractivity contribution is 0.371. The van der Waals surface area contributed by atoms with Crippen molar-refractivity contribution in [2.75, 3.05) is 18.6 Å². The molecule has 2 aromatic rings. The van der Waals surface area contributed by atoms with Crippen LogP contribution in [0.3, 0.4) is 0 Å². The lowest BCUT2D eigenvalue weighted by Gasteiger charge is -2.38. The molecule has 1 aromatic heterocycles. The topological polar surface area (TPSA) is 63.0 Å². The average molecular weight is 385 g/mol. The zero-order valence-electron chi connectivity index (χ0n) is 15.8. The van der Waals surface area contributed by atoms with Crippen LogP contribution < -0.4 is 9.64 Å². The van der Waals surface area contributed by atoms with Crippen LogP contribution >= 0.6 is 0 Å². The minimum Gasteiger partial charge on any atom is -0.493 e. The number of anilines is 1. The molecule has 1 aliphatic rings. The Balaban J connectivity index is 1.89. The van der Waals surface area contributed by atoms with E-state index in [0.717, 1.165) is 11.3 Å². The molecule has 1 aromatic carbocycles. The Morgan fingerprint density at radius 3 is 2.75 bits per heavy atom. The van der Waals surface area contributed by atoms with Crippen LogP contribution in [0.1, 0.15) is 19.2 Å². The molecule has 1 unspecified atom stereocenters. The van der Waals surface area contributed by atoms with Crippen LogP contribution in [0.15, 0.2) is 52.4 Å². The fraction of sp³-hybridized carbons (Fsp3) is 0.300. The first-order valence-electron chi connectivity index (χ1n) is 8.80. The molecule has 0 amide bonds. The van der Waals surface area contributed by atoms with Gasteiger partial charge in [0.05, 0.1) is 19.7 Å². The van der Waals surface area contributed by atoms with Crippen molar-refractivity contribution in [2.45, 2.75) is 25.9 Å². The minimum atomic E-state index is -0.996. The summed E-state index contributed by atoms with van der Waals surface area (Å²) < 4.78 is 32.7. The van der Waals surface area contributed by atoms with E-state index in [4.69, 9.17) is 4.74 Å². The predicted molar refractivity (Wildman–Crippen MR) is 105 cm³/mol. The Bertz CT molecular complexity index is 914. The van der Waals surface area contributed by atoms with Crippen molar-refractivity contribution in [3.63, 3.8) is 0 Å². The van der Waals surface area contributed by atoms with E-state index in [2.05, 4.69) is 26.7 Å². The van der Waals surface area contributed by atoms with Crippen LogP contribution in [0.25, 0.3) is 0 Å². The Morgan fingerprint density at radius 2 is 2.07 bits per heavy atom. The van der Waals surface area contributed by atoms with Crippen molar-refractivity contribution in [1.29, 1.82) is 0 Å². The molecule has 146 valence electrons. The molecule has 1 atom stereocenters. The number of piperidine rings is 1. The molecular weight excluding hydrogens is 364 g/mol. The summed E-state index contributed by atoms with van der Waals surface area (Å²) in [6.07, 6.45) is 5.61. The molecule has 1 saturated heterocycles. The normalized spacial score (nSPS) is 19.9. The van der Waals surface area contributed by atoms with Crippen molar-refractivity contribution in [3.05, 3.63) is 59.8 Å². The van der Waals surface area contributed by atoms with Gasteiger partial charge in [0.15, 0.2) is 11.6 Å². The molecule has 28 heavy (non-hydrogen) atoms. The lowest BCUT2D eigenvalue weighted by atomic mass is 9.94. The van der Waals surface area contributed by atoms with Gasteiger partial charge in [0.1, 0.15) is 5.82 Å². The number of rotatable bonds is 5. The summed E-state index contributed by atoms with van der Waals surface area (Å²) in [5, 5.41) is 0. The van der Waals surface area contributed by atoms with Gasteiger partial charge in [-0.15, -0.1) is 0 Å². The third-order valence-corrected chi connectivity index (χ3v) is 4.63. The van der Waals surface area contributed by atoms with Crippen LogP contribution in [0.4, 0.5) is 14.5 Å². The highest BCUT2D eigenvalue weighted by Crippen LogP contribution is 2.32. The molecule has 0 aliphatic carbocycles. The molecule has 0 saturated carbocycles. The van der Waals surface area contributed by atoms with Crippen LogP contribution in [0, 0.1) is 11.6 Å². The zero-order chi connectivity index (χ0) is 20.1. The third kappa shape index (κ3) is 4.05. The molecule has 1 fully saturated rings. The highest BCUT2D eigenvalue weighted by molar-refractivity contribution is 6.03. The van der Waals surface area contributed by atoms with E-state index in [1.807, 2.05) is 11.8 Å². The second kappa shape index (κ2) is 8.69. The van der Waals surface area contributed by atoms with Gasteiger partial charge in [-0.3, -0.25) is 9.98 Å². The number of methoxy groups -OCH3 is 1. The number of hydrogen-bond donors (Lipinski definition) is 0. The van der Waals surface area contributed by atoms with Gasteiger partial charge in [-0.1, -0.05) is 0 Å². The number of nitrogens with zero attached hydrogens (tertiary/aromatic N) is 5. The second-order valence-corrected chi connectivity index (χ2v) is 6.26. The average Bonchev–Trinajstić information content (AvgIpc) is 2.71. The van der Waals surface area contributed by atoms with Gasteiger partial charge in [-0.25, -0.2) is 14.4 Å². The van der Waals surface area contributed by atoms with Crippen molar-refractivity contribution < 1.29 is 13.5 Å². The molecule has 2 heterocycles. The summed E-state index contributed by atoms with van der Waals surface area (Å²) in [4.78, 5) is 18.9. The van der Waals surface area contributed by atoms with E-state index >= 15 is 0 Å². The van der Waals surface area contributed by atoms with Gasteiger partial charge in [-0.05, 0) is 19.7 Å². The Kier molecular flexibility index (Phi) is 6.08. The van der Waals surface area contributed by atoms with Crippen LogP contribution in [0.5, 0.6) is 5.75 Å². The number of ether oxygens (including phenoxy) is 1. The van der Waals surface area contributed by atoms with Gasteiger partial charge in [-0.2, -0.15) is 4.39 Å². The van der Waals surface area contributed by atoms with Crippen molar-refractivity contribution in [2.24, 2.45) is 9.98 Å². The van der Waals surface area contributed by atoms with E-state index in [0.29, 0.717) is 31.0 Å². The SMILES string of the molecule is C=N/C=C1\C(=N/Cc2ncccn2)CCN(c2cc(F)c(F)c(OC)c2)C1C. The third-order valence-electron chi connectivity index (χ3n) is 4.63. The molecule has 0 radical (unpaired) electrons. The zero-order valence-corrected chi connectivity index (χ0v) is 15.8. The molecule has 3 rings (SSSR count). The lowest BCUT2D eigenvalue weighted by Crippen LogP contribution is -2.43. The number of aromatic nitrogens is 2. The molecule has 6 nitrogen and oxygen atoms in total. The maximum absolute atomic E-state index is 14.0. The van der Waals surface area contributed by atoms with Gasteiger partial charge < -0.3 is 9.64 Å². The van der Waals surface area contributed by atoms with Crippen molar-refractivity contribution in [3.8, 4) is 5.75 Å². The van der Waals surface area contributed by atoms with Crippen LogP contribution in [-0.2, 0) is 6.54 Å². The first kappa shape index (κ1) is 19.6. The number of aliphatic imine (C=N–C) groups is 2. The molecule has 0 bridgehead atoms. The summed E-state index contributed by atoms with van der Waals surface area (Å²) in [6, 6.07) is 4.26. The van der Waals surface area contributed by atoms with E-state index in [-0.39, 0.29) is 11.8 Å². The fourth-order valence-corrected chi connectivity index (χ4v) is 3.22. The quantitative estimate of drug-likeness (QED) is 0.738. The van der Waals surface area contributed by atoms with Gasteiger partial charge in [0, 0.05) is 60.7 Å². The smallest absolute Gasteiger partial charge is 0.200 e. The van der Waals surface area contributed by atoms with Gasteiger partial charge in [0.25, 0.3) is 0 Å². The van der Waals surface area contributed by atoms with Gasteiger partial charge in [0.2, 0.25) is 5.82 Å². The molecule has 0 N–H and O–H groups in total. The Hall–Kier alpha value is -3.16. The first-order chi connectivity index (χ1) is 13.5. The number of hydrogen-bond acceptors (Lipinski definition) is 6. The minimum absolute atomic E-state index is 0.129. The first-order valence-corrected chi connectivity index (χ1v) is 8.80. The largest absolute Gasteiger partial charge is 0.493 e. The summed E-state index contributed by atoms with van der Waals surface area (Å²) in [7, 11) is 1.31. The Labute approximate surface area is 162 Å². The van der Waals surface area contributed by atoms with E-state index in [1.54, 1.807) is 24.7 Å². The van der Waals surface area contributed by atoms with Crippen molar-refractivity contribution in [1.82, 2.24) is 9.97 Å². The maximum Gasteiger partial charge on any atom is 0.200 e. The molecule has 8 heteroatoms. The van der Waals surface area contributed by atoms with Crippen LogP contribution in [-0.4, -0.2) is 42.1 Å². The molecular formula is C20H21F2N5O. The number of halogens is 2. The highest BCUT2D eigenvalue weighted by atomic mass is 19.2. The van der Waals surface area contributed by atoms with Crippen LogP contribution in [0.2, 0.25) is 0 Å². The van der Waals surface area contributed by atoms with Gasteiger partial charge >= 0.3 is 0 Å². The Morgan fingerprint density at radius 1 is 1.32 bits per heavy atom. The summed E-state index contributed by atoms with van der Waals surface area (Å²) in [5.74, 6) is -1.45. The van der Waals surface area contributed by atoms with E-state index in [9.17, 15) is 8.78 Å². The number of benzene rings is 1. The molecule has 1 aliphatic heterocycles. The van der Waals surface area contributed by atoms with E-state index in [1.165, 1.54) is 19.2 Å². The highest BCUT2D eigenvalue weighted by Gasteiger charge is 2.29. The molecule has 0 spiro atoms. The maximum atomic E-state index is 14.0. The summed E-state index contributed by atoms with van der Waals surface area (Å²) >= 11 is 0. The van der Waals surface area contributed by atoms with E-state index < -0.39 is 11.6 Å². The summed E-state index contributed by atoms with van der Waals surface area (Å²) in [6.45, 7) is 6.43.